The Morgan fingerprint density at radius 2 is 2.08 bits per heavy atom. The van der Waals surface area contributed by atoms with E-state index >= 15 is 0 Å². The molecule has 24 heavy (non-hydrogen) atoms. The van der Waals surface area contributed by atoms with Crippen molar-refractivity contribution < 1.29 is 9.26 Å². The first-order valence-electron chi connectivity index (χ1n) is 7.71. The molecule has 0 aliphatic rings. The lowest BCUT2D eigenvalue weighted by atomic mass is 10.0. The highest BCUT2D eigenvalue weighted by molar-refractivity contribution is 5.95. The summed E-state index contributed by atoms with van der Waals surface area (Å²) in [6.45, 7) is 3.25. The average Bonchev–Trinajstić information content (AvgIpc) is 3.25. The largest absolute Gasteiger partial charge is 0.473 e. The predicted octanol–water partition coefficient (Wildman–Crippen LogP) is 3.47. The Balaban J connectivity index is 1.63. The van der Waals surface area contributed by atoms with Crippen molar-refractivity contribution in [2.45, 2.75) is 13.5 Å². The summed E-state index contributed by atoms with van der Waals surface area (Å²) in [5.41, 5.74) is 3.85. The summed E-state index contributed by atoms with van der Waals surface area (Å²) in [5.74, 6) is 0.508. The van der Waals surface area contributed by atoms with Gasteiger partial charge in [-0.15, -0.1) is 0 Å². The van der Waals surface area contributed by atoms with Crippen LogP contribution in [0.4, 0.5) is 0 Å². The van der Waals surface area contributed by atoms with E-state index < -0.39 is 0 Å². The molecule has 6 heteroatoms. The number of rotatable bonds is 5. The van der Waals surface area contributed by atoms with Crippen molar-refractivity contribution in [2.24, 2.45) is 0 Å². The van der Waals surface area contributed by atoms with Crippen LogP contribution in [0.3, 0.4) is 0 Å². The molecule has 3 aromatic heterocycles. The molecule has 0 radical (unpaired) electrons. The maximum absolute atomic E-state index is 5.78. The van der Waals surface area contributed by atoms with Gasteiger partial charge in [0.15, 0.2) is 5.58 Å². The van der Waals surface area contributed by atoms with Gasteiger partial charge in [-0.05, 0) is 29.8 Å². The first-order chi connectivity index (χ1) is 11.8. The molecule has 0 unspecified atom stereocenters. The Hall–Kier alpha value is -3.15. The zero-order valence-corrected chi connectivity index (χ0v) is 13.2. The van der Waals surface area contributed by atoms with Gasteiger partial charge in [0.05, 0.1) is 18.3 Å². The minimum Gasteiger partial charge on any atom is -0.473 e. The second kappa shape index (κ2) is 6.16. The van der Waals surface area contributed by atoms with Gasteiger partial charge in [-0.2, -0.15) is 0 Å². The maximum Gasteiger partial charge on any atom is 0.262 e. The smallest absolute Gasteiger partial charge is 0.262 e. The maximum atomic E-state index is 5.78. The minimum atomic E-state index is 0.494. The van der Waals surface area contributed by atoms with E-state index in [4.69, 9.17) is 9.26 Å². The number of para-hydroxylation sites is 1. The number of nitrogens with zero attached hydrogens (tertiary/aromatic N) is 4. The van der Waals surface area contributed by atoms with Crippen LogP contribution in [0.1, 0.15) is 5.56 Å². The van der Waals surface area contributed by atoms with Crippen LogP contribution in [0.2, 0.25) is 0 Å². The van der Waals surface area contributed by atoms with E-state index in [1.807, 2.05) is 41.2 Å². The van der Waals surface area contributed by atoms with Crippen LogP contribution >= 0.6 is 0 Å². The zero-order valence-electron chi connectivity index (χ0n) is 13.2. The number of hydrogen-bond acceptors (Lipinski definition) is 5. The fraction of sp³-hybridized carbons (Fsp3) is 0.167. The number of aromatic nitrogens is 4. The number of aryl methyl sites for hydroxylation is 1. The van der Waals surface area contributed by atoms with E-state index in [0.717, 1.165) is 22.1 Å². The highest BCUT2D eigenvalue weighted by Gasteiger charge is 2.15. The molecule has 0 fully saturated rings. The van der Waals surface area contributed by atoms with Crippen molar-refractivity contribution in [2.75, 3.05) is 6.61 Å². The van der Waals surface area contributed by atoms with Crippen molar-refractivity contribution >= 4 is 11.0 Å². The van der Waals surface area contributed by atoms with Gasteiger partial charge < -0.3 is 13.8 Å². The van der Waals surface area contributed by atoms with Gasteiger partial charge in [0.25, 0.3) is 5.88 Å². The van der Waals surface area contributed by atoms with Crippen LogP contribution in [0.5, 0.6) is 5.88 Å². The van der Waals surface area contributed by atoms with E-state index in [-0.39, 0.29) is 0 Å². The molecule has 0 amide bonds. The summed E-state index contributed by atoms with van der Waals surface area (Å²) in [6, 6.07) is 7.91. The molecular weight excluding hydrogens is 304 g/mol. The molecule has 0 spiro atoms. The molecule has 0 aliphatic carbocycles. The molecule has 0 N–H and O–H groups in total. The van der Waals surface area contributed by atoms with Crippen LogP contribution in [0.25, 0.3) is 22.1 Å². The van der Waals surface area contributed by atoms with Crippen molar-refractivity contribution in [3.8, 4) is 17.0 Å². The zero-order chi connectivity index (χ0) is 16.4. The average molecular weight is 320 g/mol. The number of ether oxygens (including phenoxy) is 1. The second-order valence-corrected chi connectivity index (χ2v) is 5.51. The summed E-state index contributed by atoms with van der Waals surface area (Å²) >= 11 is 0. The lowest BCUT2D eigenvalue weighted by molar-refractivity contribution is 0.270. The SMILES string of the molecule is Cc1ccncc1-c1cccc2c(OCCn3ccnc3)noc12. The molecule has 6 nitrogen and oxygen atoms in total. The molecule has 4 rings (SSSR count). The number of hydrogen-bond donors (Lipinski definition) is 0. The Morgan fingerprint density at radius 1 is 1.12 bits per heavy atom. The summed E-state index contributed by atoms with van der Waals surface area (Å²) in [6.07, 6.45) is 9.02. The summed E-state index contributed by atoms with van der Waals surface area (Å²) in [5, 5.41) is 4.95. The van der Waals surface area contributed by atoms with Crippen LogP contribution in [0, 0.1) is 6.92 Å². The first-order valence-corrected chi connectivity index (χ1v) is 7.71. The number of imidazole rings is 1. The van der Waals surface area contributed by atoms with Crippen LogP contribution in [-0.4, -0.2) is 26.3 Å². The third-order valence-electron chi connectivity index (χ3n) is 3.94. The molecule has 3 heterocycles. The van der Waals surface area contributed by atoms with E-state index in [0.29, 0.717) is 24.6 Å². The third kappa shape index (κ3) is 2.62. The Labute approximate surface area is 138 Å². The first kappa shape index (κ1) is 14.4. The number of fused-ring (bicyclic) bond motifs is 1. The van der Waals surface area contributed by atoms with Crippen molar-refractivity contribution in [1.29, 1.82) is 0 Å². The quantitative estimate of drug-likeness (QED) is 0.563. The molecule has 0 atom stereocenters. The van der Waals surface area contributed by atoms with Gasteiger partial charge >= 0.3 is 0 Å². The van der Waals surface area contributed by atoms with Gasteiger partial charge in [-0.25, -0.2) is 4.98 Å². The fourth-order valence-electron chi connectivity index (χ4n) is 2.67. The predicted molar refractivity (Wildman–Crippen MR) is 89.7 cm³/mol. The minimum absolute atomic E-state index is 0.494. The lowest BCUT2D eigenvalue weighted by Crippen LogP contribution is -2.06. The van der Waals surface area contributed by atoms with Crippen LogP contribution < -0.4 is 4.74 Å². The van der Waals surface area contributed by atoms with Crippen molar-refractivity contribution in [1.82, 2.24) is 19.7 Å². The van der Waals surface area contributed by atoms with E-state index in [9.17, 15) is 0 Å². The standard InChI is InChI=1S/C18H16N4O2/c1-13-5-6-19-11-16(13)14-3-2-4-15-17(14)24-21-18(15)23-10-9-22-8-7-20-12-22/h2-8,11-12H,9-10H2,1H3. The van der Waals surface area contributed by atoms with Crippen LogP contribution in [-0.2, 0) is 6.54 Å². The van der Waals surface area contributed by atoms with Crippen LogP contribution in [0.15, 0.2) is 59.9 Å². The summed E-state index contributed by atoms with van der Waals surface area (Å²) in [4.78, 5) is 8.22. The third-order valence-corrected chi connectivity index (χ3v) is 3.94. The molecule has 0 bridgehead atoms. The normalized spacial score (nSPS) is 11.0. The van der Waals surface area contributed by atoms with Gasteiger partial charge in [0, 0.05) is 35.9 Å². The summed E-state index contributed by atoms with van der Waals surface area (Å²) in [7, 11) is 0. The Kier molecular flexibility index (Phi) is 3.70. The molecule has 0 saturated heterocycles. The Bertz CT molecular complexity index is 960. The highest BCUT2D eigenvalue weighted by Crippen LogP contribution is 2.34. The molecule has 4 aromatic rings. The van der Waals surface area contributed by atoms with E-state index in [1.165, 1.54) is 0 Å². The summed E-state index contributed by atoms with van der Waals surface area (Å²) < 4.78 is 13.3. The number of benzene rings is 1. The van der Waals surface area contributed by atoms with E-state index in [2.05, 4.69) is 22.0 Å². The van der Waals surface area contributed by atoms with Gasteiger partial charge in [0.1, 0.15) is 6.61 Å². The van der Waals surface area contributed by atoms with Gasteiger partial charge in [-0.3, -0.25) is 4.98 Å². The topological polar surface area (TPSA) is 66.0 Å². The van der Waals surface area contributed by atoms with Gasteiger partial charge in [-0.1, -0.05) is 12.1 Å². The van der Waals surface area contributed by atoms with Crippen molar-refractivity contribution in [3.63, 3.8) is 0 Å². The van der Waals surface area contributed by atoms with E-state index in [1.54, 1.807) is 18.7 Å². The fourth-order valence-corrected chi connectivity index (χ4v) is 2.67. The number of pyridine rings is 1. The Morgan fingerprint density at radius 3 is 2.92 bits per heavy atom. The molecule has 0 aliphatic heterocycles. The van der Waals surface area contributed by atoms with Gasteiger partial charge in [0.2, 0.25) is 0 Å². The molecular formula is C18H16N4O2. The van der Waals surface area contributed by atoms with Crippen molar-refractivity contribution in [3.05, 3.63) is 60.9 Å². The molecule has 0 saturated carbocycles. The highest BCUT2D eigenvalue weighted by atomic mass is 16.5. The lowest BCUT2D eigenvalue weighted by Gasteiger charge is -2.05. The molecule has 120 valence electrons. The molecule has 1 aromatic carbocycles. The monoisotopic (exact) mass is 320 g/mol. The second-order valence-electron chi connectivity index (χ2n) is 5.51.